The Labute approximate surface area is 193 Å². The van der Waals surface area contributed by atoms with Crippen molar-refractivity contribution in [1.82, 2.24) is 9.88 Å². The number of nitrogens with one attached hydrogen (secondary N) is 1. The van der Waals surface area contributed by atoms with Crippen molar-refractivity contribution in [3.05, 3.63) is 47.1 Å². The Morgan fingerprint density at radius 2 is 2.09 bits per heavy atom. The van der Waals surface area contributed by atoms with E-state index in [1.54, 1.807) is 11.0 Å². The van der Waals surface area contributed by atoms with Gasteiger partial charge in [-0.25, -0.2) is 14.2 Å². The average Bonchev–Trinajstić information content (AvgIpc) is 3.25. The zero-order valence-corrected chi connectivity index (χ0v) is 20.0. The van der Waals surface area contributed by atoms with Gasteiger partial charge in [-0.2, -0.15) is 0 Å². The van der Waals surface area contributed by atoms with Gasteiger partial charge >= 0.3 is 6.09 Å². The molecule has 1 atom stereocenters. The summed E-state index contributed by atoms with van der Waals surface area (Å²) < 4.78 is 20.1. The maximum absolute atomic E-state index is 13.7. The first kappa shape index (κ1) is 22.4. The smallest absolute Gasteiger partial charge is 0.410 e. The van der Waals surface area contributed by atoms with Crippen LogP contribution >= 0.6 is 22.7 Å². The molecule has 9 heteroatoms. The van der Waals surface area contributed by atoms with Gasteiger partial charge in [0.05, 0.1) is 16.8 Å². The first-order valence-electron chi connectivity index (χ1n) is 10.2. The van der Waals surface area contributed by atoms with E-state index < -0.39 is 5.60 Å². The van der Waals surface area contributed by atoms with Crippen LogP contribution in [0.2, 0.25) is 0 Å². The van der Waals surface area contributed by atoms with Crippen LogP contribution < -0.4 is 5.32 Å². The lowest BCUT2D eigenvalue weighted by Crippen LogP contribution is -2.44. The van der Waals surface area contributed by atoms with Crippen molar-refractivity contribution >= 4 is 49.9 Å². The van der Waals surface area contributed by atoms with Crippen LogP contribution in [-0.4, -0.2) is 33.5 Å². The summed E-state index contributed by atoms with van der Waals surface area (Å²) in [7, 11) is 0. The third-order valence-electron chi connectivity index (χ3n) is 5.05. The number of hydrogen-bond acceptors (Lipinski definition) is 6. The Balaban J connectivity index is 1.78. The maximum Gasteiger partial charge on any atom is 0.410 e. The van der Waals surface area contributed by atoms with Gasteiger partial charge in [0, 0.05) is 22.5 Å². The van der Waals surface area contributed by atoms with Gasteiger partial charge in [-0.3, -0.25) is 4.79 Å². The van der Waals surface area contributed by atoms with E-state index in [1.165, 1.54) is 40.9 Å². The van der Waals surface area contributed by atoms with Gasteiger partial charge in [-0.05, 0) is 57.9 Å². The lowest BCUT2D eigenvalue weighted by atomic mass is 9.97. The minimum Gasteiger partial charge on any atom is -0.444 e. The van der Waals surface area contributed by atoms with Crippen molar-refractivity contribution in [1.29, 1.82) is 0 Å². The summed E-state index contributed by atoms with van der Waals surface area (Å²) in [5, 5.41) is 4.25. The van der Waals surface area contributed by atoms with Crippen molar-refractivity contribution in [2.75, 3.05) is 5.32 Å². The summed E-state index contributed by atoms with van der Waals surface area (Å²) in [5.41, 5.74) is 1.86. The number of thiophene rings is 1. The van der Waals surface area contributed by atoms with Crippen molar-refractivity contribution in [3.8, 4) is 10.6 Å². The van der Waals surface area contributed by atoms with E-state index in [4.69, 9.17) is 4.74 Å². The minimum atomic E-state index is -0.586. The molecule has 1 unspecified atom stereocenters. The van der Waals surface area contributed by atoms with Crippen molar-refractivity contribution in [2.45, 2.75) is 52.3 Å². The molecule has 1 aromatic carbocycles. The predicted molar refractivity (Wildman–Crippen MR) is 127 cm³/mol. The number of halogens is 1. The average molecular weight is 474 g/mol. The molecule has 168 valence electrons. The molecule has 0 saturated heterocycles. The van der Waals surface area contributed by atoms with E-state index in [2.05, 4.69) is 16.9 Å². The van der Waals surface area contributed by atoms with Gasteiger partial charge in [0.25, 0.3) is 0 Å². The number of rotatable bonds is 3. The van der Waals surface area contributed by atoms with Crippen LogP contribution in [0.25, 0.3) is 20.8 Å². The Morgan fingerprint density at radius 3 is 2.78 bits per heavy atom. The summed E-state index contributed by atoms with van der Waals surface area (Å²) >= 11 is 2.87. The number of fused-ring (bicyclic) bond motifs is 2. The standard InChI is InChI=1S/C23H24FN3O3S2/c1-6-18(28)26-21-19(20-25-15-10-13(24)7-8-16(15)31-20)14-9-12(2)27(11-17(14)32-21)22(29)30-23(3,4)5/h6-8,10,12H,1,9,11H2,2-5H3,(H,26,28). The molecule has 2 amide bonds. The predicted octanol–water partition coefficient (Wildman–Crippen LogP) is 5.97. The van der Waals surface area contributed by atoms with E-state index in [0.717, 1.165) is 20.7 Å². The molecule has 3 aromatic rings. The quantitative estimate of drug-likeness (QED) is 0.476. The highest BCUT2D eigenvalue weighted by Crippen LogP contribution is 2.46. The summed E-state index contributed by atoms with van der Waals surface area (Å²) in [4.78, 5) is 32.2. The van der Waals surface area contributed by atoms with Crippen LogP contribution in [0.15, 0.2) is 30.9 Å². The Kier molecular flexibility index (Phi) is 5.81. The fraction of sp³-hybridized carbons (Fsp3) is 0.348. The number of benzene rings is 1. The van der Waals surface area contributed by atoms with Gasteiger partial charge in [-0.1, -0.05) is 6.58 Å². The molecule has 0 saturated carbocycles. The first-order chi connectivity index (χ1) is 15.1. The van der Waals surface area contributed by atoms with Crippen molar-refractivity contribution in [3.63, 3.8) is 0 Å². The van der Waals surface area contributed by atoms with Gasteiger partial charge in [0.2, 0.25) is 5.91 Å². The summed E-state index contributed by atoms with van der Waals surface area (Å²) in [6.07, 6.45) is 1.44. The number of nitrogens with zero attached hydrogens (tertiary/aromatic N) is 2. The normalized spacial score (nSPS) is 16.0. The number of carbonyl (C=O) groups excluding carboxylic acids is 2. The van der Waals surface area contributed by atoms with E-state index >= 15 is 0 Å². The molecule has 0 radical (unpaired) electrons. The monoisotopic (exact) mass is 473 g/mol. The van der Waals surface area contributed by atoms with Crippen LogP contribution in [-0.2, 0) is 22.5 Å². The molecular weight excluding hydrogens is 449 g/mol. The molecule has 2 aromatic heterocycles. The van der Waals surface area contributed by atoms with Crippen LogP contribution in [0.1, 0.15) is 38.1 Å². The number of amides is 2. The second-order valence-corrected chi connectivity index (χ2v) is 10.8. The van der Waals surface area contributed by atoms with E-state index in [0.29, 0.717) is 28.5 Å². The first-order valence-corrected chi connectivity index (χ1v) is 11.8. The Hall–Kier alpha value is -2.78. The largest absolute Gasteiger partial charge is 0.444 e. The zero-order valence-electron chi connectivity index (χ0n) is 18.3. The Bertz CT molecular complexity index is 1230. The molecular formula is C23H24FN3O3S2. The van der Waals surface area contributed by atoms with Gasteiger partial charge < -0.3 is 15.0 Å². The highest BCUT2D eigenvalue weighted by molar-refractivity contribution is 7.23. The van der Waals surface area contributed by atoms with Crippen molar-refractivity contribution in [2.24, 2.45) is 0 Å². The number of hydrogen-bond donors (Lipinski definition) is 1. The topological polar surface area (TPSA) is 71.5 Å². The molecule has 32 heavy (non-hydrogen) atoms. The lowest BCUT2D eigenvalue weighted by molar-refractivity contribution is -0.111. The number of ether oxygens (including phenoxy) is 1. The fourth-order valence-electron chi connectivity index (χ4n) is 3.62. The van der Waals surface area contributed by atoms with Crippen LogP contribution in [0.5, 0.6) is 0 Å². The summed E-state index contributed by atoms with van der Waals surface area (Å²) in [6, 6.07) is 4.43. The minimum absolute atomic E-state index is 0.0968. The molecule has 0 spiro atoms. The molecule has 0 fully saturated rings. The number of thiazole rings is 1. The summed E-state index contributed by atoms with van der Waals surface area (Å²) in [6.45, 7) is 11.4. The van der Waals surface area contributed by atoms with Crippen LogP contribution in [0, 0.1) is 5.82 Å². The van der Waals surface area contributed by atoms with Crippen LogP contribution in [0.4, 0.5) is 14.2 Å². The molecule has 4 rings (SSSR count). The second-order valence-electron chi connectivity index (χ2n) is 8.69. The number of aromatic nitrogens is 1. The highest BCUT2D eigenvalue weighted by Gasteiger charge is 2.35. The number of carbonyl (C=O) groups is 2. The maximum atomic E-state index is 13.7. The van der Waals surface area contributed by atoms with E-state index in [-0.39, 0.29) is 23.9 Å². The van der Waals surface area contributed by atoms with Crippen molar-refractivity contribution < 1.29 is 18.7 Å². The van der Waals surface area contributed by atoms with E-state index in [9.17, 15) is 14.0 Å². The summed E-state index contributed by atoms with van der Waals surface area (Å²) in [5.74, 6) is -0.669. The molecule has 6 nitrogen and oxygen atoms in total. The molecule has 1 aliphatic rings. The third-order valence-corrected chi connectivity index (χ3v) is 7.24. The van der Waals surface area contributed by atoms with Gasteiger partial charge in [-0.15, -0.1) is 22.7 Å². The van der Waals surface area contributed by atoms with E-state index in [1.807, 2.05) is 27.7 Å². The fourth-order valence-corrected chi connectivity index (χ4v) is 5.94. The van der Waals surface area contributed by atoms with Gasteiger partial charge in [0.1, 0.15) is 21.4 Å². The SMILES string of the molecule is C=CC(=O)Nc1sc2c(c1-c1nc3cc(F)ccc3s1)CC(C)N(C(=O)OC(C)(C)C)C2. The lowest BCUT2D eigenvalue weighted by Gasteiger charge is -2.35. The highest BCUT2D eigenvalue weighted by atomic mass is 32.1. The van der Waals surface area contributed by atoms with Crippen LogP contribution in [0.3, 0.4) is 0 Å². The molecule has 0 aliphatic carbocycles. The molecule has 1 N–H and O–H groups in total. The molecule has 3 heterocycles. The number of anilines is 1. The zero-order chi connectivity index (χ0) is 23.2. The third kappa shape index (κ3) is 4.40. The molecule has 1 aliphatic heterocycles. The molecule has 0 bridgehead atoms. The second kappa shape index (κ2) is 8.29. The van der Waals surface area contributed by atoms with Gasteiger partial charge in [0.15, 0.2) is 0 Å². The Morgan fingerprint density at radius 1 is 1.34 bits per heavy atom.